The lowest BCUT2D eigenvalue weighted by Gasteiger charge is -2.26. The minimum atomic E-state index is -1.39. The summed E-state index contributed by atoms with van der Waals surface area (Å²) in [6.45, 7) is 2.57. The lowest BCUT2D eigenvalue weighted by atomic mass is 10.1. The minimum absolute atomic E-state index is 0.00167. The molecule has 188 valence electrons. The van der Waals surface area contributed by atoms with E-state index in [0.29, 0.717) is 12.1 Å². The molecule has 11 heteroatoms. The number of rotatable bonds is 12. The molecule has 2 atom stereocenters. The summed E-state index contributed by atoms with van der Waals surface area (Å²) >= 11 is 1.11. The van der Waals surface area contributed by atoms with Gasteiger partial charge in [0.1, 0.15) is 11.1 Å². The zero-order valence-electron chi connectivity index (χ0n) is 19.5. The molecule has 1 aliphatic rings. The van der Waals surface area contributed by atoms with E-state index in [1.165, 1.54) is 23.3 Å². The normalized spacial score (nSPS) is 17.7. The maximum atomic E-state index is 12.4. The number of nitrogens with zero attached hydrogens (tertiary/aromatic N) is 2. The van der Waals surface area contributed by atoms with Crippen LogP contribution < -0.4 is 5.32 Å². The number of thioether (sulfide) groups is 1. The highest BCUT2D eigenvalue weighted by Crippen LogP contribution is 2.27. The SMILES string of the molecule is CCCN(C)OC(=O)C/C=C/C=C1\CSC(C(NC(=O)Cc2ccccc2)C(=O)O)N=C1C(=O)O. The Balaban J connectivity index is 2.06. The molecule has 0 aromatic heterocycles. The second kappa shape index (κ2) is 14.1. The summed E-state index contributed by atoms with van der Waals surface area (Å²) in [5.74, 6) is -3.40. The monoisotopic (exact) mass is 503 g/mol. The molecule has 2 rings (SSSR count). The third-order valence-corrected chi connectivity index (χ3v) is 5.96. The van der Waals surface area contributed by atoms with Crippen LogP contribution in [-0.4, -0.2) is 75.6 Å². The van der Waals surface area contributed by atoms with Gasteiger partial charge in [0.25, 0.3) is 0 Å². The van der Waals surface area contributed by atoms with Crippen molar-refractivity contribution in [2.24, 2.45) is 4.99 Å². The predicted molar refractivity (Wildman–Crippen MR) is 132 cm³/mol. The van der Waals surface area contributed by atoms with Crippen LogP contribution in [0.5, 0.6) is 0 Å². The molecule has 1 aliphatic heterocycles. The fourth-order valence-corrected chi connectivity index (χ4v) is 4.30. The second-order valence-corrected chi connectivity index (χ2v) is 8.77. The van der Waals surface area contributed by atoms with E-state index in [9.17, 15) is 29.4 Å². The minimum Gasteiger partial charge on any atom is -0.480 e. The molecule has 1 amide bonds. The van der Waals surface area contributed by atoms with Crippen molar-refractivity contribution in [3.8, 4) is 0 Å². The van der Waals surface area contributed by atoms with Gasteiger partial charge >= 0.3 is 17.9 Å². The number of hydrogen-bond donors (Lipinski definition) is 3. The Morgan fingerprint density at radius 1 is 1.26 bits per heavy atom. The quantitative estimate of drug-likeness (QED) is 0.365. The number of aliphatic carboxylic acids is 2. The van der Waals surface area contributed by atoms with E-state index in [-0.39, 0.29) is 24.3 Å². The summed E-state index contributed by atoms with van der Waals surface area (Å²) in [5, 5.41) is 22.1. The lowest BCUT2D eigenvalue weighted by Crippen LogP contribution is -2.49. The largest absolute Gasteiger partial charge is 0.480 e. The smallest absolute Gasteiger partial charge is 0.354 e. The molecule has 0 fully saturated rings. The van der Waals surface area contributed by atoms with Gasteiger partial charge in [-0.3, -0.25) is 14.6 Å². The Kier molecular flexibility index (Phi) is 11.2. The average molecular weight is 504 g/mol. The van der Waals surface area contributed by atoms with Crippen LogP contribution in [0.25, 0.3) is 0 Å². The Morgan fingerprint density at radius 3 is 2.60 bits per heavy atom. The van der Waals surface area contributed by atoms with Crippen molar-refractivity contribution in [1.29, 1.82) is 0 Å². The van der Waals surface area contributed by atoms with Crippen LogP contribution in [-0.2, 0) is 30.4 Å². The van der Waals surface area contributed by atoms with Crippen molar-refractivity contribution in [2.75, 3.05) is 19.3 Å². The van der Waals surface area contributed by atoms with Crippen molar-refractivity contribution in [1.82, 2.24) is 10.4 Å². The third kappa shape index (κ3) is 9.38. The van der Waals surface area contributed by atoms with Gasteiger partial charge in [0.15, 0.2) is 6.04 Å². The van der Waals surface area contributed by atoms with Gasteiger partial charge in [-0.05, 0) is 17.6 Å². The Morgan fingerprint density at radius 2 is 1.97 bits per heavy atom. The number of allylic oxidation sites excluding steroid dienone is 2. The van der Waals surface area contributed by atoms with Crippen molar-refractivity contribution in [2.45, 2.75) is 37.6 Å². The van der Waals surface area contributed by atoms with Crippen LogP contribution in [0, 0.1) is 0 Å². The zero-order valence-corrected chi connectivity index (χ0v) is 20.4. The van der Waals surface area contributed by atoms with Crippen LogP contribution in [0.4, 0.5) is 0 Å². The number of carbonyl (C=O) groups is 4. The summed E-state index contributed by atoms with van der Waals surface area (Å²) in [7, 11) is 1.66. The van der Waals surface area contributed by atoms with E-state index in [1.807, 2.05) is 6.92 Å². The highest BCUT2D eigenvalue weighted by Gasteiger charge is 2.34. The van der Waals surface area contributed by atoms with Gasteiger partial charge in [-0.15, -0.1) is 16.8 Å². The number of hydroxylamine groups is 2. The molecule has 0 aliphatic carbocycles. The Labute approximate surface area is 207 Å². The van der Waals surface area contributed by atoms with E-state index < -0.39 is 35.2 Å². The number of aliphatic imine (C=N–C) groups is 1. The molecule has 35 heavy (non-hydrogen) atoms. The molecule has 3 N–H and O–H groups in total. The van der Waals surface area contributed by atoms with Crippen LogP contribution in [0.2, 0.25) is 0 Å². The molecule has 2 unspecified atom stereocenters. The molecular formula is C24H29N3O7S. The molecule has 0 bridgehead atoms. The maximum Gasteiger partial charge on any atom is 0.354 e. The molecule has 0 saturated heterocycles. The van der Waals surface area contributed by atoms with Crippen molar-refractivity contribution in [3.63, 3.8) is 0 Å². The van der Waals surface area contributed by atoms with Gasteiger partial charge in [-0.2, -0.15) is 0 Å². The van der Waals surface area contributed by atoms with Crippen molar-refractivity contribution < 1.29 is 34.2 Å². The van der Waals surface area contributed by atoms with Gasteiger partial charge < -0.3 is 20.4 Å². The maximum absolute atomic E-state index is 12.4. The number of carboxylic acids is 2. The van der Waals surface area contributed by atoms with Crippen LogP contribution in [0.1, 0.15) is 25.3 Å². The molecule has 1 aromatic carbocycles. The first-order chi connectivity index (χ1) is 16.7. The molecule has 10 nitrogen and oxygen atoms in total. The predicted octanol–water partition coefficient (Wildman–Crippen LogP) is 2.07. The fourth-order valence-electron chi connectivity index (χ4n) is 3.16. The number of amides is 1. The summed E-state index contributed by atoms with van der Waals surface area (Å²) in [6, 6.07) is 7.46. The summed E-state index contributed by atoms with van der Waals surface area (Å²) in [6.07, 6.45) is 5.41. The molecule has 0 radical (unpaired) electrons. The number of carbonyl (C=O) groups excluding carboxylic acids is 2. The number of hydrogen-bond acceptors (Lipinski definition) is 8. The van der Waals surface area contributed by atoms with Crippen molar-refractivity contribution >= 4 is 41.3 Å². The van der Waals surface area contributed by atoms with Gasteiger partial charge in [0.2, 0.25) is 5.91 Å². The highest BCUT2D eigenvalue weighted by atomic mass is 32.2. The average Bonchev–Trinajstić information content (AvgIpc) is 2.81. The first-order valence-corrected chi connectivity index (χ1v) is 12.0. The molecular weight excluding hydrogens is 474 g/mol. The number of nitrogens with one attached hydrogen (secondary N) is 1. The van der Waals surface area contributed by atoms with E-state index in [1.54, 1.807) is 37.4 Å². The first-order valence-electron chi connectivity index (χ1n) is 11.0. The summed E-state index contributed by atoms with van der Waals surface area (Å²) in [4.78, 5) is 56.9. The van der Waals surface area contributed by atoms with E-state index in [2.05, 4.69) is 10.3 Å². The standard InChI is InChI=1S/C24H29N3O7S/c1-3-13-27(2)34-19(29)12-8-7-11-17-15-35-22(26-20(17)23(30)31)21(24(32)33)25-18(28)14-16-9-5-4-6-10-16/h4-11,21-22H,3,12-15H2,1-2H3,(H,25,28)(H,30,31)(H,32,33)/b8-7+,17-11+. The molecule has 0 spiro atoms. The van der Waals surface area contributed by atoms with Crippen LogP contribution >= 0.6 is 11.8 Å². The second-order valence-electron chi connectivity index (χ2n) is 7.67. The van der Waals surface area contributed by atoms with Gasteiger partial charge in [-0.1, -0.05) is 55.5 Å². The Bertz CT molecular complexity index is 1010. The molecule has 1 aromatic rings. The highest BCUT2D eigenvalue weighted by molar-refractivity contribution is 8.00. The fraction of sp³-hybridized carbons (Fsp3) is 0.375. The number of carboxylic acid groups (broad SMARTS) is 2. The van der Waals surface area contributed by atoms with Gasteiger partial charge in [0, 0.05) is 19.3 Å². The zero-order chi connectivity index (χ0) is 25.8. The number of benzene rings is 1. The van der Waals surface area contributed by atoms with Gasteiger partial charge in [-0.25, -0.2) is 9.59 Å². The third-order valence-electron chi connectivity index (χ3n) is 4.76. The first kappa shape index (κ1) is 27.8. The van der Waals surface area contributed by atoms with Crippen LogP contribution in [0.3, 0.4) is 0 Å². The topological polar surface area (TPSA) is 146 Å². The van der Waals surface area contributed by atoms with Gasteiger partial charge in [0.05, 0.1) is 12.8 Å². The van der Waals surface area contributed by atoms with Crippen LogP contribution in [0.15, 0.2) is 59.1 Å². The molecule has 1 heterocycles. The summed E-state index contributed by atoms with van der Waals surface area (Å²) < 4.78 is 0. The van der Waals surface area contributed by atoms with E-state index >= 15 is 0 Å². The summed E-state index contributed by atoms with van der Waals surface area (Å²) in [5.41, 5.74) is 0.802. The van der Waals surface area contributed by atoms with Crippen molar-refractivity contribution in [3.05, 3.63) is 59.7 Å². The lowest BCUT2D eigenvalue weighted by molar-refractivity contribution is -0.182. The molecule has 0 saturated carbocycles. The van der Waals surface area contributed by atoms with E-state index in [4.69, 9.17) is 4.84 Å². The Hall–Kier alpha value is -3.44. The van der Waals surface area contributed by atoms with E-state index in [0.717, 1.165) is 23.7 Å².